The summed E-state index contributed by atoms with van der Waals surface area (Å²) in [5.74, 6) is 0.925. The van der Waals surface area contributed by atoms with Crippen LogP contribution >= 0.6 is 0 Å². The van der Waals surface area contributed by atoms with Gasteiger partial charge < -0.3 is 0 Å². The van der Waals surface area contributed by atoms with Crippen molar-refractivity contribution in [1.82, 2.24) is 15.1 Å². The fraction of sp³-hybridized carbons (Fsp3) is 0.750. The molecular weight excluding hydrogens is 447 g/mol. The molecule has 1 aromatic rings. The Hall–Kier alpha value is -1.05. The van der Waals surface area contributed by atoms with Crippen molar-refractivity contribution in [2.45, 2.75) is 79.0 Å². The van der Waals surface area contributed by atoms with Crippen LogP contribution in [0.5, 0.6) is 0 Å². The Morgan fingerprint density at radius 1 is 1.15 bits per heavy atom. The van der Waals surface area contributed by atoms with Gasteiger partial charge in [0.2, 0.25) is 0 Å². The van der Waals surface area contributed by atoms with Gasteiger partial charge in [-0.15, -0.1) is 0 Å². The van der Waals surface area contributed by atoms with Crippen LogP contribution in [-0.2, 0) is 4.74 Å². The third-order valence-electron chi connectivity index (χ3n) is 5.37. The van der Waals surface area contributed by atoms with Crippen molar-refractivity contribution in [2.75, 3.05) is 18.0 Å². The van der Waals surface area contributed by atoms with Gasteiger partial charge in [0, 0.05) is 0 Å². The van der Waals surface area contributed by atoms with Crippen molar-refractivity contribution in [1.29, 1.82) is 0 Å². The van der Waals surface area contributed by atoms with E-state index in [9.17, 15) is 4.79 Å². The molecule has 1 saturated carbocycles. The van der Waals surface area contributed by atoms with Crippen LogP contribution in [0.15, 0.2) is 12.1 Å². The number of hydrogen-bond acceptors (Lipinski definition) is 5. The summed E-state index contributed by atoms with van der Waals surface area (Å²) in [5, 5.41) is 9.00. The second kappa shape index (κ2) is 7.76. The zero-order valence-electron chi connectivity index (χ0n) is 17.7. The molecule has 1 atom stereocenters. The van der Waals surface area contributed by atoms with E-state index in [-0.39, 0.29) is 12.1 Å². The molecule has 0 bridgehead atoms. The molecule has 0 spiro atoms. The Kier molecular flexibility index (Phi) is 5.94. The van der Waals surface area contributed by atoms with Gasteiger partial charge in [0.25, 0.3) is 0 Å². The number of carbonyl (C=O) groups is 1. The normalized spacial score (nSPS) is 21.1. The molecule has 0 radical (unpaired) electrons. The van der Waals surface area contributed by atoms with Crippen molar-refractivity contribution in [2.24, 2.45) is 0 Å². The third-order valence-corrected chi connectivity index (χ3v) is 10.5. The summed E-state index contributed by atoms with van der Waals surface area (Å²) in [5.41, 5.74) is -0.461. The van der Waals surface area contributed by atoms with Crippen LogP contribution in [0, 0.1) is 0 Å². The Morgan fingerprint density at radius 3 is 2.33 bits per heavy atom. The minimum absolute atomic E-state index is 0.165. The molecule has 1 aromatic heterocycles. The molecule has 2 fully saturated rings. The van der Waals surface area contributed by atoms with Gasteiger partial charge in [-0.25, -0.2) is 0 Å². The minimum atomic E-state index is -2.17. The first-order valence-electron chi connectivity index (χ1n) is 10.1. The first-order valence-corrected chi connectivity index (χ1v) is 20.1. The molecule has 150 valence electrons. The zero-order chi connectivity index (χ0) is 19.8. The molecule has 2 heterocycles. The van der Waals surface area contributed by atoms with Gasteiger partial charge >= 0.3 is 168 Å². The maximum absolute atomic E-state index is 12.8. The molecule has 6 nitrogen and oxygen atoms in total. The van der Waals surface area contributed by atoms with Crippen LogP contribution in [0.3, 0.4) is 0 Å². The molecular formula is C20H34N4O2Sn. The number of aromatic nitrogens is 2. The number of hydrogen-bond donors (Lipinski definition) is 0. The summed E-state index contributed by atoms with van der Waals surface area (Å²) in [6.45, 7) is 7.51. The second-order valence-corrected chi connectivity index (χ2v) is 24.2. The fourth-order valence-electron chi connectivity index (χ4n) is 3.65. The monoisotopic (exact) mass is 482 g/mol. The van der Waals surface area contributed by atoms with E-state index in [1.807, 2.05) is 25.7 Å². The van der Waals surface area contributed by atoms with E-state index < -0.39 is 24.0 Å². The molecule has 1 aliphatic carbocycles. The van der Waals surface area contributed by atoms with E-state index in [1.165, 1.54) is 10.1 Å². The van der Waals surface area contributed by atoms with Crippen LogP contribution in [0.1, 0.15) is 46.5 Å². The molecule has 7 heteroatoms. The number of nitrogens with zero attached hydrogens (tertiary/aromatic N) is 4. The van der Waals surface area contributed by atoms with Crippen LogP contribution in [0.25, 0.3) is 0 Å². The van der Waals surface area contributed by atoms with Gasteiger partial charge in [-0.05, 0) is 0 Å². The summed E-state index contributed by atoms with van der Waals surface area (Å²) in [4.78, 5) is 24.2. The number of anilines is 1. The maximum atomic E-state index is 12.8. The summed E-state index contributed by atoms with van der Waals surface area (Å²) in [6, 6.07) is 4.78. The average Bonchev–Trinajstić information content (AvgIpc) is 2.97. The predicted molar refractivity (Wildman–Crippen MR) is 111 cm³/mol. The molecule has 0 N–H and O–H groups in total. The summed E-state index contributed by atoms with van der Waals surface area (Å²) >= 11 is -2.17. The molecule has 3 rings (SSSR count). The number of ether oxygens (including phenoxy) is 1. The van der Waals surface area contributed by atoms with E-state index in [0.717, 1.165) is 38.2 Å². The quantitative estimate of drug-likeness (QED) is 0.618. The Bertz CT molecular complexity index is 662. The predicted octanol–water partition coefficient (Wildman–Crippen LogP) is 3.39. The second-order valence-electron chi connectivity index (χ2n) is 9.89. The molecule has 0 unspecified atom stereocenters. The summed E-state index contributed by atoms with van der Waals surface area (Å²) in [6.07, 6.45) is 4.16. The van der Waals surface area contributed by atoms with Gasteiger partial charge in [0.1, 0.15) is 0 Å². The first kappa shape index (κ1) is 20.7. The van der Waals surface area contributed by atoms with E-state index in [2.05, 4.69) is 42.0 Å². The van der Waals surface area contributed by atoms with E-state index in [0.29, 0.717) is 6.04 Å². The van der Waals surface area contributed by atoms with Crippen LogP contribution in [-0.4, -0.2) is 70.3 Å². The zero-order valence-corrected chi connectivity index (χ0v) is 20.5. The summed E-state index contributed by atoms with van der Waals surface area (Å²) in [7, 11) is 0. The molecule has 1 saturated heterocycles. The third kappa shape index (κ3) is 5.06. The molecule has 2 aliphatic rings. The summed E-state index contributed by atoms with van der Waals surface area (Å²) < 4.78 is 6.91. The Balaban J connectivity index is 1.69. The topological polar surface area (TPSA) is 58.6 Å². The van der Waals surface area contributed by atoms with Crippen LogP contribution < -0.4 is 8.61 Å². The Labute approximate surface area is 167 Å². The number of amides is 1. The standard InChI is InChI=1S/C17H25N4O2.3CH3.Sn/c1-17(2,3)23-16(22)21(13-6-4-7-13)14-9-11-20(12-14)15-8-5-10-18-19-15;;;;/h5,8,13-14H,4,6-7,9,11-12H2,1-3H3;3*1H3;/t14-;;;;/m0..../s1. The fourth-order valence-corrected chi connectivity index (χ4v) is 6.31. The molecule has 1 amide bonds. The van der Waals surface area contributed by atoms with Gasteiger partial charge in [0.05, 0.1) is 0 Å². The first-order chi connectivity index (χ1) is 12.5. The van der Waals surface area contributed by atoms with Crippen molar-refractivity contribution in [3.05, 3.63) is 12.1 Å². The van der Waals surface area contributed by atoms with Crippen LogP contribution in [0.2, 0.25) is 14.8 Å². The van der Waals surface area contributed by atoms with Crippen LogP contribution in [0.4, 0.5) is 10.6 Å². The molecule has 1 aliphatic heterocycles. The number of rotatable bonds is 4. The number of carbonyl (C=O) groups excluding carboxylic acids is 1. The van der Waals surface area contributed by atoms with E-state index >= 15 is 0 Å². The van der Waals surface area contributed by atoms with Gasteiger partial charge in [-0.3, -0.25) is 0 Å². The Morgan fingerprint density at radius 2 is 1.85 bits per heavy atom. The van der Waals surface area contributed by atoms with Gasteiger partial charge in [-0.2, -0.15) is 0 Å². The van der Waals surface area contributed by atoms with E-state index in [4.69, 9.17) is 4.74 Å². The van der Waals surface area contributed by atoms with Crippen molar-refractivity contribution < 1.29 is 9.53 Å². The van der Waals surface area contributed by atoms with Gasteiger partial charge in [-0.1, -0.05) is 0 Å². The van der Waals surface area contributed by atoms with E-state index in [1.54, 1.807) is 0 Å². The van der Waals surface area contributed by atoms with Crippen molar-refractivity contribution in [3.8, 4) is 0 Å². The molecule has 27 heavy (non-hydrogen) atoms. The average molecular weight is 481 g/mol. The molecule has 0 aromatic carbocycles. The SMILES string of the molecule is CC(C)(C)OC(=O)N(C1CCC1)[C@H]1CCN(c2cc[c]([Sn]([CH3])([CH3])[CH3])nn2)C1. The van der Waals surface area contributed by atoms with Crippen molar-refractivity contribution in [3.63, 3.8) is 0 Å². The van der Waals surface area contributed by atoms with Gasteiger partial charge in [0.15, 0.2) is 0 Å². The van der Waals surface area contributed by atoms with Crippen molar-refractivity contribution >= 4 is 34.0 Å².